The standard InChI is InChI=1S/C25H21N7O4S/c1-3-36-25(35)21-20(18(13-26)23(27-22(21)33)37-14-19-28-30-31-29-19)15-8-7-9-16(12-15)24(34)32(2)17-10-5-4-6-11-17/h4-12H,3,14H2,1-2H3,(H,27,33)(H,28,29,30,31). The molecule has 186 valence electrons. The number of hydrogen-bond acceptors (Lipinski definition) is 9. The van der Waals surface area contributed by atoms with Crippen molar-refractivity contribution in [2.75, 3.05) is 18.6 Å². The lowest BCUT2D eigenvalue weighted by atomic mass is 9.95. The van der Waals surface area contributed by atoms with Crippen molar-refractivity contribution in [2.45, 2.75) is 17.7 Å². The normalized spacial score (nSPS) is 10.5. The van der Waals surface area contributed by atoms with Crippen molar-refractivity contribution in [3.63, 3.8) is 0 Å². The monoisotopic (exact) mass is 515 g/mol. The molecule has 0 spiro atoms. The van der Waals surface area contributed by atoms with Crippen LogP contribution in [0.1, 0.15) is 39.0 Å². The van der Waals surface area contributed by atoms with E-state index in [2.05, 4.69) is 31.7 Å². The molecule has 0 saturated heterocycles. The minimum atomic E-state index is -0.872. The third kappa shape index (κ3) is 5.41. The Bertz CT molecular complexity index is 1530. The first-order valence-electron chi connectivity index (χ1n) is 11.1. The van der Waals surface area contributed by atoms with E-state index in [4.69, 9.17) is 4.74 Å². The Hall–Kier alpha value is -4.76. The van der Waals surface area contributed by atoms with Crippen molar-refractivity contribution in [3.05, 3.63) is 87.5 Å². The number of H-pyrrole nitrogens is 2. The number of pyridine rings is 1. The largest absolute Gasteiger partial charge is 0.462 e. The van der Waals surface area contributed by atoms with Crippen LogP contribution in [0.15, 0.2) is 64.4 Å². The van der Waals surface area contributed by atoms with Gasteiger partial charge in [-0.05, 0) is 36.8 Å². The molecule has 2 aromatic carbocycles. The van der Waals surface area contributed by atoms with Crippen molar-refractivity contribution in [2.24, 2.45) is 0 Å². The predicted octanol–water partition coefficient (Wildman–Crippen LogP) is 3.17. The van der Waals surface area contributed by atoms with E-state index in [0.717, 1.165) is 11.8 Å². The number of thioether (sulfide) groups is 1. The highest BCUT2D eigenvalue weighted by atomic mass is 32.2. The Labute approximate surface area is 215 Å². The summed E-state index contributed by atoms with van der Waals surface area (Å²) in [7, 11) is 1.65. The van der Waals surface area contributed by atoms with Gasteiger partial charge in [0.25, 0.3) is 11.5 Å². The molecule has 4 rings (SSSR count). The van der Waals surface area contributed by atoms with E-state index in [1.807, 2.05) is 18.2 Å². The fraction of sp³-hybridized carbons (Fsp3) is 0.160. The number of hydrogen-bond donors (Lipinski definition) is 2. The number of carbonyl (C=O) groups is 2. The van der Waals surface area contributed by atoms with Crippen molar-refractivity contribution in [1.29, 1.82) is 5.26 Å². The van der Waals surface area contributed by atoms with Gasteiger partial charge < -0.3 is 14.6 Å². The molecular weight excluding hydrogens is 494 g/mol. The number of anilines is 1. The van der Waals surface area contributed by atoms with Gasteiger partial charge in [-0.25, -0.2) is 4.79 Å². The molecule has 0 aliphatic carbocycles. The summed E-state index contributed by atoms with van der Waals surface area (Å²) in [5.74, 6) is -0.606. The van der Waals surface area contributed by atoms with E-state index in [1.54, 1.807) is 50.4 Å². The van der Waals surface area contributed by atoms with Crippen LogP contribution < -0.4 is 10.5 Å². The molecule has 37 heavy (non-hydrogen) atoms. The molecule has 0 radical (unpaired) electrons. The van der Waals surface area contributed by atoms with Crippen LogP contribution >= 0.6 is 11.8 Å². The van der Waals surface area contributed by atoms with E-state index in [-0.39, 0.29) is 40.0 Å². The number of nitrogens with zero attached hydrogens (tertiary/aromatic N) is 5. The molecule has 12 heteroatoms. The van der Waals surface area contributed by atoms with Crippen molar-refractivity contribution < 1.29 is 14.3 Å². The van der Waals surface area contributed by atoms with Crippen LogP contribution in [-0.4, -0.2) is 51.1 Å². The molecule has 4 aromatic rings. The lowest BCUT2D eigenvalue weighted by Gasteiger charge is -2.18. The number of nitrogens with one attached hydrogen (secondary N) is 2. The van der Waals surface area contributed by atoms with E-state index >= 15 is 0 Å². The molecule has 0 bridgehead atoms. The fourth-order valence-corrected chi connectivity index (χ4v) is 4.49. The molecule has 1 amide bonds. The third-order valence-electron chi connectivity index (χ3n) is 5.35. The second-order valence-corrected chi connectivity index (χ2v) is 8.62. The van der Waals surface area contributed by atoms with Crippen LogP contribution in [0.4, 0.5) is 5.69 Å². The Balaban J connectivity index is 1.83. The van der Waals surface area contributed by atoms with Gasteiger partial charge in [0, 0.05) is 23.9 Å². The number of aromatic amines is 2. The number of carbonyl (C=O) groups excluding carboxylic acids is 2. The maximum absolute atomic E-state index is 13.2. The maximum Gasteiger partial charge on any atom is 0.344 e. The first-order chi connectivity index (χ1) is 17.9. The summed E-state index contributed by atoms with van der Waals surface area (Å²) in [6.45, 7) is 1.65. The van der Waals surface area contributed by atoms with Gasteiger partial charge >= 0.3 is 5.97 Å². The topological polar surface area (TPSA) is 158 Å². The highest BCUT2D eigenvalue weighted by molar-refractivity contribution is 7.98. The average Bonchev–Trinajstić information content (AvgIpc) is 3.45. The average molecular weight is 516 g/mol. The molecular formula is C25H21N7O4S. The highest BCUT2D eigenvalue weighted by Gasteiger charge is 2.26. The second-order valence-electron chi connectivity index (χ2n) is 7.64. The summed E-state index contributed by atoms with van der Waals surface area (Å²) in [5.41, 5.74) is 0.446. The van der Waals surface area contributed by atoms with Gasteiger partial charge in [0.05, 0.1) is 22.9 Å². The lowest BCUT2D eigenvalue weighted by Crippen LogP contribution is -2.26. The molecule has 0 fully saturated rings. The van der Waals surface area contributed by atoms with Crippen LogP contribution in [0, 0.1) is 11.3 Å². The minimum absolute atomic E-state index is 0.0360. The molecule has 0 atom stereocenters. The third-order valence-corrected chi connectivity index (χ3v) is 6.35. The summed E-state index contributed by atoms with van der Waals surface area (Å²) in [5, 5.41) is 23.9. The first kappa shape index (κ1) is 25.3. The quantitative estimate of drug-likeness (QED) is 0.265. The van der Waals surface area contributed by atoms with E-state index < -0.39 is 11.5 Å². The SMILES string of the molecule is CCOC(=O)c1c(-c2cccc(C(=O)N(C)c3ccccc3)c2)c(C#N)c(SCc2nn[nH]n2)[nH]c1=O. The molecule has 0 aliphatic rings. The van der Waals surface area contributed by atoms with Crippen LogP contribution in [-0.2, 0) is 10.5 Å². The lowest BCUT2D eigenvalue weighted by molar-refractivity contribution is 0.0525. The van der Waals surface area contributed by atoms with Gasteiger partial charge in [0.2, 0.25) is 0 Å². The van der Waals surface area contributed by atoms with Gasteiger partial charge in [-0.15, -0.1) is 10.2 Å². The second kappa shape index (κ2) is 11.3. The van der Waals surface area contributed by atoms with Crippen LogP contribution in [0.3, 0.4) is 0 Å². The Kier molecular flexibility index (Phi) is 7.75. The first-order valence-corrected chi connectivity index (χ1v) is 12.1. The number of benzene rings is 2. The molecule has 0 saturated carbocycles. The Morgan fingerprint density at radius 1 is 1.16 bits per heavy atom. The van der Waals surface area contributed by atoms with E-state index in [1.165, 1.54) is 4.90 Å². The van der Waals surface area contributed by atoms with Crippen LogP contribution in [0.5, 0.6) is 0 Å². The number of para-hydroxylation sites is 1. The number of nitriles is 1. The zero-order chi connectivity index (χ0) is 26.4. The zero-order valence-electron chi connectivity index (χ0n) is 19.9. The smallest absolute Gasteiger partial charge is 0.344 e. The number of ether oxygens (including phenoxy) is 1. The number of rotatable bonds is 8. The number of esters is 1. The summed E-state index contributed by atoms with van der Waals surface area (Å²) >= 11 is 1.11. The van der Waals surface area contributed by atoms with Gasteiger partial charge in [0.15, 0.2) is 5.82 Å². The molecule has 11 nitrogen and oxygen atoms in total. The van der Waals surface area contributed by atoms with Crippen molar-refractivity contribution >= 4 is 29.3 Å². The Morgan fingerprint density at radius 3 is 2.62 bits per heavy atom. The maximum atomic E-state index is 13.2. The van der Waals surface area contributed by atoms with Crippen LogP contribution in [0.25, 0.3) is 11.1 Å². The molecule has 2 heterocycles. The summed E-state index contributed by atoms with van der Waals surface area (Å²) in [6.07, 6.45) is 0. The zero-order valence-corrected chi connectivity index (χ0v) is 20.7. The molecule has 2 aromatic heterocycles. The summed E-state index contributed by atoms with van der Waals surface area (Å²) < 4.78 is 5.12. The molecule has 0 unspecified atom stereocenters. The van der Waals surface area contributed by atoms with Crippen molar-refractivity contribution in [3.8, 4) is 17.2 Å². The Morgan fingerprint density at radius 2 is 1.95 bits per heavy atom. The minimum Gasteiger partial charge on any atom is -0.462 e. The van der Waals surface area contributed by atoms with Gasteiger partial charge in [0.1, 0.15) is 11.6 Å². The number of amides is 1. The van der Waals surface area contributed by atoms with E-state index in [0.29, 0.717) is 22.6 Å². The summed E-state index contributed by atoms with van der Waals surface area (Å²) in [6, 6.07) is 17.6. The predicted molar refractivity (Wildman–Crippen MR) is 136 cm³/mol. The van der Waals surface area contributed by atoms with Crippen LogP contribution in [0.2, 0.25) is 0 Å². The molecule has 2 N–H and O–H groups in total. The van der Waals surface area contributed by atoms with Gasteiger partial charge in [-0.3, -0.25) is 9.59 Å². The highest BCUT2D eigenvalue weighted by Crippen LogP contribution is 2.33. The summed E-state index contributed by atoms with van der Waals surface area (Å²) in [4.78, 5) is 43.3. The fourth-order valence-electron chi connectivity index (χ4n) is 3.63. The number of aromatic nitrogens is 5. The van der Waals surface area contributed by atoms with Crippen molar-refractivity contribution in [1.82, 2.24) is 25.6 Å². The van der Waals surface area contributed by atoms with Gasteiger partial charge in [-0.1, -0.05) is 47.3 Å². The molecule has 0 aliphatic heterocycles. The van der Waals surface area contributed by atoms with Gasteiger partial charge in [-0.2, -0.15) is 10.5 Å². The van der Waals surface area contributed by atoms with E-state index in [9.17, 15) is 19.6 Å². The number of tetrazole rings is 1.